The topological polar surface area (TPSA) is 29.0 Å². The maximum atomic E-state index is 4.84. The summed E-state index contributed by atoms with van der Waals surface area (Å²) in [5, 5.41) is 0. The van der Waals surface area contributed by atoms with E-state index in [0.29, 0.717) is 0 Å². The Hall–Kier alpha value is -3.72. The monoisotopic (exact) mass is 417 g/mol. The van der Waals surface area contributed by atoms with Gasteiger partial charge in [0.05, 0.1) is 11.4 Å². The fourth-order valence-corrected chi connectivity index (χ4v) is 4.15. The van der Waals surface area contributed by atoms with Crippen molar-refractivity contribution in [3.05, 3.63) is 102 Å². The minimum atomic E-state index is 0.743. The van der Waals surface area contributed by atoms with Crippen LogP contribution in [-0.4, -0.2) is 23.1 Å². The first kappa shape index (κ1) is 20.2. The molecule has 3 heteroatoms. The maximum absolute atomic E-state index is 4.84. The van der Waals surface area contributed by atoms with Gasteiger partial charge in [0.1, 0.15) is 0 Å². The lowest BCUT2D eigenvalue weighted by Gasteiger charge is -2.28. The van der Waals surface area contributed by atoms with Crippen molar-refractivity contribution in [2.45, 2.75) is 19.3 Å². The Balaban J connectivity index is 1.44. The van der Waals surface area contributed by atoms with E-state index in [1.165, 1.54) is 43.6 Å². The summed E-state index contributed by atoms with van der Waals surface area (Å²) in [6.07, 6.45) is 8.15. The van der Waals surface area contributed by atoms with Crippen LogP contribution in [0.15, 0.2) is 91.0 Å². The Kier molecular flexibility index (Phi) is 6.07. The van der Waals surface area contributed by atoms with E-state index < -0.39 is 0 Å². The van der Waals surface area contributed by atoms with Crippen molar-refractivity contribution in [3.63, 3.8) is 0 Å². The molecule has 1 aromatic heterocycles. The van der Waals surface area contributed by atoms with Crippen LogP contribution in [0.3, 0.4) is 0 Å². The van der Waals surface area contributed by atoms with E-state index in [1.54, 1.807) is 0 Å². The highest BCUT2D eigenvalue weighted by atomic mass is 15.1. The lowest BCUT2D eigenvalue weighted by molar-refractivity contribution is 0.578. The SMILES string of the molecule is C(=C\c1cc(-c2ccccc2)nc(-c2ccccc2)n1)/c1ccc(N2CCCCC2)cc1. The fraction of sp³-hybridized carbons (Fsp3) is 0.172. The molecule has 4 aromatic rings. The molecule has 0 N–H and O–H groups in total. The summed E-state index contributed by atoms with van der Waals surface area (Å²) in [5.74, 6) is 0.743. The van der Waals surface area contributed by atoms with E-state index in [1.807, 2.05) is 36.4 Å². The molecule has 32 heavy (non-hydrogen) atoms. The number of anilines is 1. The van der Waals surface area contributed by atoms with Crippen molar-refractivity contribution in [2.24, 2.45) is 0 Å². The zero-order valence-electron chi connectivity index (χ0n) is 18.2. The second-order valence-electron chi connectivity index (χ2n) is 8.21. The molecule has 3 aromatic carbocycles. The summed E-state index contributed by atoms with van der Waals surface area (Å²) in [6.45, 7) is 2.33. The number of hydrogen-bond donors (Lipinski definition) is 0. The Morgan fingerprint density at radius 3 is 1.97 bits per heavy atom. The van der Waals surface area contributed by atoms with Crippen molar-refractivity contribution < 1.29 is 0 Å². The molecule has 158 valence electrons. The van der Waals surface area contributed by atoms with Crippen LogP contribution >= 0.6 is 0 Å². The number of hydrogen-bond acceptors (Lipinski definition) is 3. The van der Waals surface area contributed by atoms with Crippen LogP contribution in [0, 0.1) is 0 Å². The summed E-state index contributed by atoms with van der Waals surface area (Å²) in [5.41, 5.74) is 6.43. The van der Waals surface area contributed by atoms with E-state index in [4.69, 9.17) is 9.97 Å². The predicted octanol–water partition coefficient (Wildman–Crippen LogP) is 6.97. The van der Waals surface area contributed by atoms with Gasteiger partial charge in [-0.2, -0.15) is 0 Å². The molecule has 3 nitrogen and oxygen atoms in total. The second kappa shape index (κ2) is 9.61. The molecule has 1 aliphatic heterocycles. The zero-order chi connectivity index (χ0) is 21.6. The molecule has 0 atom stereocenters. The third-order valence-corrected chi connectivity index (χ3v) is 5.91. The summed E-state index contributed by atoms with van der Waals surface area (Å²) in [6, 6.07) is 31.3. The fourth-order valence-electron chi connectivity index (χ4n) is 4.15. The Morgan fingerprint density at radius 2 is 1.28 bits per heavy atom. The van der Waals surface area contributed by atoms with Crippen LogP contribution in [0.4, 0.5) is 5.69 Å². The smallest absolute Gasteiger partial charge is 0.160 e. The normalized spacial score (nSPS) is 14.1. The van der Waals surface area contributed by atoms with Crippen LogP contribution < -0.4 is 4.90 Å². The highest BCUT2D eigenvalue weighted by Crippen LogP contribution is 2.24. The number of nitrogens with zero attached hydrogens (tertiary/aromatic N) is 3. The molecule has 0 bridgehead atoms. The quantitative estimate of drug-likeness (QED) is 0.351. The van der Waals surface area contributed by atoms with Gasteiger partial charge in [-0.15, -0.1) is 0 Å². The molecule has 0 aliphatic carbocycles. The van der Waals surface area contributed by atoms with E-state index in [9.17, 15) is 0 Å². The van der Waals surface area contributed by atoms with Crippen molar-refractivity contribution in [1.82, 2.24) is 9.97 Å². The van der Waals surface area contributed by atoms with E-state index in [0.717, 1.165) is 28.3 Å². The average molecular weight is 418 g/mol. The lowest BCUT2D eigenvalue weighted by Crippen LogP contribution is -2.29. The van der Waals surface area contributed by atoms with E-state index in [2.05, 4.69) is 71.6 Å². The van der Waals surface area contributed by atoms with Gasteiger partial charge in [0.25, 0.3) is 0 Å². The number of piperidine rings is 1. The molecule has 1 fully saturated rings. The number of benzene rings is 3. The van der Waals surface area contributed by atoms with Gasteiger partial charge in [0.15, 0.2) is 5.82 Å². The van der Waals surface area contributed by atoms with Crippen LogP contribution in [0.1, 0.15) is 30.5 Å². The van der Waals surface area contributed by atoms with Gasteiger partial charge in [-0.05, 0) is 49.1 Å². The first-order valence-corrected chi connectivity index (χ1v) is 11.4. The van der Waals surface area contributed by atoms with Gasteiger partial charge in [0, 0.05) is 29.9 Å². The molecule has 0 amide bonds. The summed E-state index contributed by atoms with van der Waals surface area (Å²) >= 11 is 0. The average Bonchev–Trinajstić information content (AvgIpc) is 2.89. The van der Waals surface area contributed by atoms with Gasteiger partial charge in [-0.25, -0.2) is 9.97 Å². The Morgan fingerprint density at radius 1 is 0.625 bits per heavy atom. The van der Waals surface area contributed by atoms with Gasteiger partial charge in [0.2, 0.25) is 0 Å². The number of aromatic nitrogens is 2. The highest BCUT2D eigenvalue weighted by Gasteiger charge is 2.10. The van der Waals surface area contributed by atoms with E-state index >= 15 is 0 Å². The van der Waals surface area contributed by atoms with Gasteiger partial charge >= 0.3 is 0 Å². The zero-order valence-corrected chi connectivity index (χ0v) is 18.2. The molecule has 0 radical (unpaired) electrons. The molecule has 5 rings (SSSR count). The molecular formula is C29H27N3. The third kappa shape index (κ3) is 4.78. The van der Waals surface area contributed by atoms with Crippen LogP contribution in [0.25, 0.3) is 34.8 Å². The van der Waals surface area contributed by atoms with Crippen LogP contribution in [0.2, 0.25) is 0 Å². The standard InChI is InChI=1S/C29H27N3/c1-4-10-24(11-5-1)28-22-26(30-29(31-28)25-12-6-2-7-13-25)17-14-23-15-18-27(19-16-23)32-20-8-3-9-21-32/h1-2,4-7,10-19,22H,3,8-9,20-21H2/b17-14+. The van der Waals surface area contributed by atoms with Crippen LogP contribution in [-0.2, 0) is 0 Å². The molecule has 1 saturated heterocycles. The molecule has 0 unspecified atom stereocenters. The first-order valence-electron chi connectivity index (χ1n) is 11.4. The minimum absolute atomic E-state index is 0.743. The molecule has 2 heterocycles. The molecular weight excluding hydrogens is 390 g/mol. The van der Waals surface area contributed by atoms with Crippen molar-refractivity contribution >= 4 is 17.8 Å². The molecule has 1 aliphatic rings. The van der Waals surface area contributed by atoms with Crippen molar-refractivity contribution in [1.29, 1.82) is 0 Å². The van der Waals surface area contributed by atoms with Gasteiger partial charge < -0.3 is 4.90 Å². The van der Waals surface area contributed by atoms with E-state index in [-0.39, 0.29) is 0 Å². The summed E-state index contributed by atoms with van der Waals surface area (Å²) < 4.78 is 0. The predicted molar refractivity (Wildman–Crippen MR) is 134 cm³/mol. The third-order valence-electron chi connectivity index (χ3n) is 5.91. The van der Waals surface area contributed by atoms with Crippen molar-refractivity contribution in [2.75, 3.05) is 18.0 Å². The minimum Gasteiger partial charge on any atom is -0.372 e. The highest BCUT2D eigenvalue weighted by molar-refractivity contribution is 5.73. The van der Waals surface area contributed by atoms with Gasteiger partial charge in [-0.1, -0.05) is 78.9 Å². The molecule has 0 saturated carbocycles. The number of rotatable bonds is 5. The Bertz CT molecular complexity index is 1120. The largest absolute Gasteiger partial charge is 0.372 e. The maximum Gasteiger partial charge on any atom is 0.160 e. The van der Waals surface area contributed by atoms with Crippen molar-refractivity contribution in [3.8, 4) is 22.6 Å². The summed E-state index contributed by atoms with van der Waals surface area (Å²) in [7, 11) is 0. The first-order chi connectivity index (χ1) is 15.8. The van der Waals surface area contributed by atoms with Crippen LogP contribution in [0.5, 0.6) is 0 Å². The Labute approximate surface area is 190 Å². The summed E-state index contributed by atoms with van der Waals surface area (Å²) in [4.78, 5) is 12.2. The van der Waals surface area contributed by atoms with Gasteiger partial charge in [-0.3, -0.25) is 0 Å². The lowest BCUT2D eigenvalue weighted by atomic mass is 10.1. The molecule has 0 spiro atoms. The second-order valence-corrected chi connectivity index (χ2v) is 8.21.